The van der Waals surface area contributed by atoms with Gasteiger partial charge in [-0.3, -0.25) is 10.1 Å². The number of H-pyrrole nitrogens is 1. The summed E-state index contributed by atoms with van der Waals surface area (Å²) in [6, 6.07) is -0.645. The Labute approximate surface area is 101 Å². The van der Waals surface area contributed by atoms with Crippen molar-refractivity contribution in [3.63, 3.8) is 0 Å². The van der Waals surface area contributed by atoms with E-state index in [2.05, 4.69) is 15.3 Å². The van der Waals surface area contributed by atoms with Gasteiger partial charge >= 0.3 is 6.18 Å². The average molecular weight is 262 g/mol. The van der Waals surface area contributed by atoms with Crippen LogP contribution in [-0.4, -0.2) is 46.6 Å². The van der Waals surface area contributed by atoms with Gasteiger partial charge in [-0.05, 0) is 0 Å². The Morgan fingerprint density at radius 2 is 2.33 bits per heavy atom. The normalized spacial score (nSPS) is 19.4. The highest BCUT2D eigenvalue weighted by atomic mass is 19.4. The number of nitrogens with one attached hydrogen (secondary N) is 2. The molecule has 18 heavy (non-hydrogen) atoms. The number of imidazole rings is 1. The molecule has 1 amide bonds. The fraction of sp³-hybridized carbons (Fsp3) is 0.600. The van der Waals surface area contributed by atoms with Gasteiger partial charge in [-0.15, -0.1) is 0 Å². The maximum atomic E-state index is 12.2. The van der Waals surface area contributed by atoms with Gasteiger partial charge in [0.25, 0.3) is 0 Å². The summed E-state index contributed by atoms with van der Waals surface area (Å²) < 4.78 is 36.6. The van der Waals surface area contributed by atoms with E-state index in [0.717, 1.165) is 18.4 Å². The number of carbonyl (C=O) groups excluding carboxylic acids is 1. The van der Waals surface area contributed by atoms with E-state index in [1.54, 1.807) is 0 Å². The van der Waals surface area contributed by atoms with Crippen molar-refractivity contribution in [2.75, 3.05) is 13.6 Å². The zero-order chi connectivity index (χ0) is 13.3. The lowest BCUT2D eigenvalue weighted by Crippen LogP contribution is -2.50. The third-order valence-electron chi connectivity index (χ3n) is 2.82. The SMILES string of the molecule is CN(CC(F)(F)F)C(=O)C1Cc2nc[nH]c2CN1. The van der Waals surface area contributed by atoms with Crippen LogP contribution in [0.25, 0.3) is 0 Å². The number of nitrogens with zero attached hydrogens (tertiary/aromatic N) is 2. The molecule has 1 aromatic rings. The Morgan fingerprint density at radius 3 is 3.00 bits per heavy atom. The van der Waals surface area contributed by atoms with Crippen molar-refractivity contribution in [3.05, 3.63) is 17.7 Å². The zero-order valence-electron chi connectivity index (χ0n) is 9.71. The van der Waals surface area contributed by atoms with Crippen LogP contribution in [0.15, 0.2) is 6.33 Å². The number of aromatic nitrogens is 2. The number of aromatic amines is 1. The maximum absolute atomic E-state index is 12.2. The van der Waals surface area contributed by atoms with Crippen LogP contribution in [0.1, 0.15) is 11.4 Å². The largest absolute Gasteiger partial charge is 0.406 e. The van der Waals surface area contributed by atoms with Gasteiger partial charge in [-0.2, -0.15) is 13.2 Å². The molecule has 100 valence electrons. The monoisotopic (exact) mass is 262 g/mol. The van der Waals surface area contributed by atoms with Crippen molar-refractivity contribution < 1.29 is 18.0 Å². The minimum absolute atomic E-state index is 0.305. The summed E-state index contributed by atoms with van der Waals surface area (Å²) in [5.41, 5.74) is 1.60. The molecule has 8 heteroatoms. The standard InChI is InChI=1S/C10H13F3N4O/c1-17(4-10(11,12)13)9(18)7-2-6-8(3-14-7)16-5-15-6/h5,7,14H,2-4H2,1H3,(H,15,16). The fourth-order valence-corrected chi connectivity index (χ4v) is 1.96. The van der Waals surface area contributed by atoms with Crippen LogP contribution in [0.5, 0.6) is 0 Å². The lowest BCUT2D eigenvalue weighted by atomic mass is 10.0. The first-order valence-corrected chi connectivity index (χ1v) is 5.43. The van der Waals surface area contributed by atoms with E-state index in [1.165, 1.54) is 6.33 Å². The summed E-state index contributed by atoms with van der Waals surface area (Å²) in [5, 5.41) is 2.90. The molecule has 5 nitrogen and oxygen atoms in total. The molecule has 0 aromatic carbocycles. The molecule has 2 rings (SSSR count). The van der Waals surface area contributed by atoms with Gasteiger partial charge < -0.3 is 9.88 Å². The van der Waals surface area contributed by atoms with E-state index in [9.17, 15) is 18.0 Å². The molecule has 1 aliphatic rings. The second kappa shape index (κ2) is 4.60. The second-order valence-corrected chi connectivity index (χ2v) is 4.27. The maximum Gasteiger partial charge on any atom is 0.406 e. The molecule has 0 spiro atoms. The highest BCUT2D eigenvalue weighted by Crippen LogP contribution is 2.18. The van der Waals surface area contributed by atoms with Crippen molar-refractivity contribution in [2.45, 2.75) is 25.2 Å². The Bertz CT molecular complexity index is 443. The van der Waals surface area contributed by atoms with Crippen LogP contribution in [0.3, 0.4) is 0 Å². The average Bonchev–Trinajstić information content (AvgIpc) is 2.72. The van der Waals surface area contributed by atoms with Gasteiger partial charge in [0, 0.05) is 20.0 Å². The summed E-state index contributed by atoms with van der Waals surface area (Å²) in [4.78, 5) is 19.5. The van der Waals surface area contributed by atoms with E-state index < -0.39 is 24.7 Å². The van der Waals surface area contributed by atoms with Crippen LogP contribution in [0.4, 0.5) is 13.2 Å². The van der Waals surface area contributed by atoms with Crippen LogP contribution in [0, 0.1) is 0 Å². The van der Waals surface area contributed by atoms with Crippen molar-refractivity contribution in [3.8, 4) is 0 Å². The minimum Gasteiger partial charge on any atom is -0.347 e. The van der Waals surface area contributed by atoms with Gasteiger partial charge in [0.15, 0.2) is 0 Å². The molecule has 0 saturated carbocycles. The Hall–Kier alpha value is -1.57. The van der Waals surface area contributed by atoms with Crippen molar-refractivity contribution in [2.24, 2.45) is 0 Å². The Balaban J connectivity index is 1.99. The number of carbonyl (C=O) groups is 1. The molecule has 2 N–H and O–H groups in total. The van der Waals surface area contributed by atoms with Crippen LogP contribution >= 0.6 is 0 Å². The minimum atomic E-state index is -4.38. The lowest BCUT2D eigenvalue weighted by Gasteiger charge is -2.27. The van der Waals surface area contributed by atoms with E-state index in [-0.39, 0.29) is 0 Å². The van der Waals surface area contributed by atoms with E-state index in [4.69, 9.17) is 0 Å². The molecule has 1 aliphatic heterocycles. The molecule has 1 aromatic heterocycles. The van der Waals surface area contributed by atoms with Crippen LogP contribution in [0.2, 0.25) is 0 Å². The highest BCUT2D eigenvalue weighted by molar-refractivity contribution is 5.82. The summed E-state index contributed by atoms with van der Waals surface area (Å²) in [6.45, 7) is -0.830. The molecule has 0 bridgehead atoms. The van der Waals surface area contributed by atoms with E-state index in [1.807, 2.05) is 0 Å². The molecule has 2 heterocycles. The van der Waals surface area contributed by atoms with Gasteiger partial charge in [0.1, 0.15) is 6.54 Å². The number of amides is 1. The van der Waals surface area contributed by atoms with Crippen LogP contribution in [-0.2, 0) is 17.8 Å². The van der Waals surface area contributed by atoms with E-state index >= 15 is 0 Å². The summed E-state index contributed by atoms with van der Waals surface area (Å²) in [7, 11) is 1.15. The third kappa shape index (κ3) is 2.81. The number of hydrogen-bond donors (Lipinski definition) is 2. The van der Waals surface area contributed by atoms with Crippen LogP contribution < -0.4 is 5.32 Å². The summed E-state index contributed by atoms with van der Waals surface area (Å²) in [5.74, 6) is -0.569. The first kappa shape index (κ1) is 12.9. The molecule has 1 unspecified atom stereocenters. The molecule has 0 aliphatic carbocycles. The number of halogens is 3. The van der Waals surface area contributed by atoms with E-state index in [0.29, 0.717) is 17.9 Å². The lowest BCUT2D eigenvalue weighted by molar-refractivity contribution is -0.159. The number of hydrogen-bond acceptors (Lipinski definition) is 3. The van der Waals surface area contributed by atoms with Gasteiger partial charge in [0.05, 0.1) is 23.8 Å². The smallest absolute Gasteiger partial charge is 0.347 e. The quantitative estimate of drug-likeness (QED) is 0.813. The number of fused-ring (bicyclic) bond motifs is 1. The molecule has 1 atom stereocenters. The number of alkyl halides is 3. The first-order valence-electron chi connectivity index (χ1n) is 5.43. The van der Waals surface area contributed by atoms with Gasteiger partial charge in [-0.25, -0.2) is 4.98 Å². The van der Waals surface area contributed by atoms with Crippen molar-refractivity contribution in [1.82, 2.24) is 20.2 Å². The fourth-order valence-electron chi connectivity index (χ4n) is 1.96. The van der Waals surface area contributed by atoms with Crippen molar-refractivity contribution >= 4 is 5.91 Å². The van der Waals surface area contributed by atoms with Crippen molar-refractivity contribution in [1.29, 1.82) is 0 Å². The third-order valence-corrected chi connectivity index (χ3v) is 2.82. The number of rotatable bonds is 2. The molecule has 0 saturated heterocycles. The van der Waals surface area contributed by atoms with Gasteiger partial charge in [0.2, 0.25) is 5.91 Å². The summed E-state index contributed by atoms with van der Waals surface area (Å²) >= 11 is 0. The Morgan fingerprint density at radius 1 is 1.61 bits per heavy atom. The second-order valence-electron chi connectivity index (χ2n) is 4.27. The molecule has 0 radical (unpaired) electrons. The topological polar surface area (TPSA) is 61.0 Å². The first-order chi connectivity index (χ1) is 8.37. The van der Waals surface area contributed by atoms with Gasteiger partial charge in [-0.1, -0.05) is 0 Å². The summed E-state index contributed by atoms with van der Waals surface area (Å²) in [6.07, 6.45) is -2.56. The molecular formula is C10H13F3N4O. The predicted molar refractivity (Wildman–Crippen MR) is 56.6 cm³/mol. The molecule has 0 fully saturated rings. The zero-order valence-corrected chi connectivity index (χ0v) is 9.71. The number of likely N-dealkylation sites (N-methyl/N-ethyl adjacent to an activating group) is 1. The highest BCUT2D eigenvalue weighted by Gasteiger charge is 2.34. The Kier molecular flexibility index (Phi) is 3.29. The molecular weight excluding hydrogens is 249 g/mol. The predicted octanol–water partition coefficient (Wildman–Crippen LogP) is 0.445.